The molecule has 0 aliphatic carbocycles. The summed E-state index contributed by atoms with van der Waals surface area (Å²) in [5.74, 6) is 5.69. The number of rotatable bonds is 3. The largest absolute Gasteiger partial charge is 0.497 e. The molecule has 0 aliphatic rings. The number of anilines is 1. The number of ether oxygens (including phenoxy) is 1. The third kappa shape index (κ3) is 2.34. The lowest BCUT2D eigenvalue weighted by Crippen LogP contribution is -2.36. The van der Waals surface area contributed by atoms with Gasteiger partial charge in [-0.1, -0.05) is 0 Å². The van der Waals surface area contributed by atoms with E-state index in [0.717, 1.165) is 0 Å². The summed E-state index contributed by atoms with van der Waals surface area (Å²) in [5.41, 5.74) is 0.147. The summed E-state index contributed by atoms with van der Waals surface area (Å²) in [6, 6.07) is 5.87. The molecule has 0 amide bonds. The Labute approximate surface area is 81.7 Å². The molecule has 0 atom stereocenters. The summed E-state index contributed by atoms with van der Waals surface area (Å²) in [5, 5.41) is 0. The van der Waals surface area contributed by atoms with E-state index in [2.05, 4.69) is 0 Å². The van der Waals surface area contributed by atoms with Crippen LogP contribution in [0.3, 0.4) is 0 Å². The molecule has 0 fully saturated rings. The molecule has 0 heterocycles. The van der Waals surface area contributed by atoms with Crippen molar-refractivity contribution < 1.29 is 17.7 Å². The van der Waals surface area contributed by atoms with Gasteiger partial charge in [-0.05, 0) is 24.3 Å². The van der Waals surface area contributed by atoms with Crippen molar-refractivity contribution >= 4 is 16.0 Å². The van der Waals surface area contributed by atoms with Gasteiger partial charge in [0, 0.05) is 0 Å². The summed E-state index contributed by atoms with van der Waals surface area (Å²) in [6.07, 6.45) is 0. The zero-order chi connectivity index (χ0) is 10.8. The summed E-state index contributed by atoms with van der Waals surface area (Å²) in [7, 11) is -2.92. The van der Waals surface area contributed by atoms with Crippen LogP contribution in [0.5, 0.6) is 5.75 Å². The number of methoxy groups -OCH3 is 1. The third-order valence-corrected chi connectivity index (χ3v) is 2.28. The number of benzene rings is 1. The average Bonchev–Trinajstić information content (AvgIpc) is 2.15. The minimum Gasteiger partial charge on any atom is -0.497 e. The Bertz CT molecular complexity index is 400. The predicted molar refractivity (Wildman–Crippen MR) is 51.2 cm³/mol. The maximum atomic E-state index is 10.6. The Morgan fingerprint density at radius 3 is 2.21 bits per heavy atom. The number of hydrazine groups is 1. The van der Waals surface area contributed by atoms with Crippen LogP contribution in [0, 0.1) is 0 Å². The van der Waals surface area contributed by atoms with E-state index in [0.29, 0.717) is 5.75 Å². The van der Waals surface area contributed by atoms with Crippen molar-refractivity contribution in [3.63, 3.8) is 0 Å². The smallest absolute Gasteiger partial charge is 0.373 e. The molecule has 1 aromatic carbocycles. The number of nitrogens with zero attached hydrogens (tertiary/aromatic N) is 1. The SMILES string of the molecule is COc1ccc(N(N)S(=O)(=O)O)cc1. The molecule has 0 aliphatic heterocycles. The Balaban J connectivity index is 2.98. The van der Waals surface area contributed by atoms with E-state index in [1.165, 1.54) is 31.4 Å². The molecule has 1 aromatic rings. The Morgan fingerprint density at radius 2 is 1.86 bits per heavy atom. The van der Waals surface area contributed by atoms with Crippen LogP contribution < -0.4 is 15.0 Å². The van der Waals surface area contributed by atoms with Gasteiger partial charge < -0.3 is 4.74 Å². The minimum atomic E-state index is -4.41. The second kappa shape index (κ2) is 3.82. The molecule has 14 heavy (non-hydrogen) atoms. The van der Waals surface area contributed by atoms with Crippen molar-refractivity contribution in [2.75, 3.05) is 11.5 Å². The van der Waals surface area contributed by atoms with Gasteiger partial charge in [-0.15, -0.1) is 0 Å². The van der Waals surface area contributed by atoms with Crippen LogP contribution in [-0.2, 0) is 10.3 Å². The van der Waals surface area contributed by atoms with Crippen molar-refractivity contribution in [3.8, 4) is 5.75 Å². The zero-order valence-corrected chi connectivity index (χ0v) is 8.23. The van der Waals surface area contributed by atoms with E-state index < -0.39 is 10.3 Å². The van der Waals surface area contributed by atoms with Crippen molar-refractivity contribution in [1.29, 1.82) is 0 Å². The van der Waals surface area contributed by atoms with Gasteiger partial charge >= 0.3 is 10.3 Å². The van der Waals surface area contributed by atoms with Crippen molar-refractivity contribution in [1.82, 2.24) is 0 Å². The average molecular weight is 218 g/mol. The van der Waals surface area contributed by atoms with Gasteiger partial charge in [-0.3, -0.25) is 4.55 Å². The molecule has 0 spiro atoms. The molecule has 78 valence electrons. The first-order valence-corrected chi connectivity index (χ1v) is 5.01. The first-order chi connectivity index (χ1) is 6.45. The van der Waals surface area contributed by atoms with Crippen LogP contribution in [-0.4, -0.2) is 20.1 Å². The first kappa shape index (κ1) is 10.8. The second-order valence-corrected chi connectivity index (χ2v) is 3.76. The van der Waals surface area contributed by atoms with Gasteiger partial charge in [-0.2, -0.15) is 12.8 Å². The maximum absolute atomic E-state index is 10.6. The van der Waals surface area contributed by atoms with Crippen molar-refractivity contribution in [3.05, 3.63) is 24.3 Å². The van der Waals surface area contributed by atoms with E-state index in [1.807, 2.05) is 0 Å². The van der Waals surface area contributed by atoms with E-state index in [9.17, 15) is 8.42 Å². The highest BCUT2D eigenvalue weighted by atomic mass is 32.2. The molecule has 3 N–H and O–H groups in total. The van der Waals surface area contributed by atoms with E-state index in [1.54, 1.807) is 0 Å². The fourth-order valence-electron chi connectivity index (χ4n) is 0.862. The Hall–Kier alpha value is -1.31. The lowest BCUT2D eigenvalue weighted by atomic mass is 10.3. The molecule has 0 radical (unpaired) electrons. The van der Waals surface area contributed by atoms with Gasteiger partial charge in [0.25, 0.3) is 0 Å². The Morgan fingerprint density at radius 1 is 1.36 bits per heavy atom. The van der Waals surface area contributed by atoms with Crippen LogP contribution in [0.2, 0.25) is 0 Å². The van der Waals surface area contributed by atoms with Gasteiger partial charge in [0.15, 0.2) is 0 Å². The summed E-state index contributed by atoms with van der Waals surface area (Å²) < 4.78 is 35.0. The number of hydrogen-bond donors (Lipinski definition) is 2. The van der Waals surface area contributed by atoms with E-state index >= 15 is 0 Å². The fraction of sp³-hybridized carbons (Fsp3) is 0.143. The quantitative estimate of drug-likeness (QED) is 0.429. The lowest BCUT2D eigenvalue weighted by Gasteiger charge is -2.14. The summed E-state index contributed by atoms with van der Waals surface area (Å²) in [4.78, 5) is 0. The van der Waals surface area contributed by atoms with Crippen LogP contribution in [0.15, 0.2) is 24.3 Å². The van der Waals surface area contributed by atoms with E-state index in [4.69, 9.17) is 15.1 Å². The standard InChI is InChI=1S/C7H10N2O4S/c1-13-7-4-2-6(3-5-7)9(8)14(10,11)12/h2-5H,8H2,1H3,(H,10,11,12). The zero-order valence-electron chi connectivity index (χ0n) is 7.41. The van der Waals surface area contributed by atoms with Gasteiger partial charge in [0.1, 0.15) is 5.75 Å². The summed E-state index contributed by atoms with van der Waals surface area (Å²) >= 11 is 0. The van der Waals surface area contributed by atoms with Crippen LogP contribution in [0.1, 0.15) is 0 Å². The molecule has 0 saturated carbocycles. The minimum absolute atomic E-state index is 0.147. The number of nitrogens with two attached hydrogens (primary N) is 1. The fourth-order valence-corrected chi connectivity index (χ4v) is 1.25. The van der Waals surface area contributed by atoms with Crippen LogP contribution >= 0.6 is 0 Å². The molecule has 1 rings (SSSR count). The monoisotopic (exact) mass is 218 g/mol. The third-order valence-electron chi connectivity index (χ3n) is 1.58. The number of hydrogen-bond acceptors (Lipinski definition) is 4. The Kier molecular flexibility index (Phi) is 2.94. The molecular weight excluding hydrogens is 208 g/mol. The van der Waals surface area contributed by atoms with Crippen molar-refractivity contribution in [2.24, 2.45) is 5.84 Å². The van der Waals surface area contributed by atoms with Crippen LogP contribution in [0.4, 0.5) is 5.69 Å². The molecule has 0 saturated heterocycles. The molecule has 0 bridgehead atoms. The highest BCUT2D eigenvalue weighted by Crippen LogP contribution is 2.18. The highest BCUT2D eigenvalue weighted by Gasteiger charge is 2.14. The molecular formula is C7H10N2O4S. The van der Waals surface area contributed by atoms with Crippen molar-refractivity contribution in [2.45, 2.75) is 0 Å². The molecule has 6 nitrogen and oxygen atoms in total. The van der Waals surface area contributed by atoms with E-state index in [-0.39, 0.29) is 10.1 Å². The topological polar surface area (TPSA) is 92.9 Å². The van der Waals surface area contributed by atoms with Gasteiger partial charge in [0.05, 0.1) is 12.8 Å². The predicted octanol–water partition coefficient (Wildman–Crippen LogP) is 0.178. The first-order valence-electron chi connectivity index (χ1n) is 3.61. The molecule has 0 unspecified atom stereocenters. The van der Waals surface area contributed by atoms with Gasteiger partial charge in [-0.25, -0.2) is 5.84 Å². The molecule has 0 aromatic heterocycles. The maximum Gasteiger partial charge on any atom is 0.373 e. The van der Waals surface area contributed by atoms with Gasteiger partial charge in [0.2, 0.25) is 0 Å². The highest BCUT2D eigenvalue weighted by molar-refractivity contribution is 7.87. The second-order valence-electron chi connectivity index (χ2n) is 2.47. The summed E-state index contributed by atoms with van der Waals surface area (Å²) in [6.45, 7) is 0. The normalized spacial score (nSPS) is 11.1. The molecule has 7 heteroatoms. The lowest BCUT2D eigenvalue weighted by molar-refractivity contribution is 0.415. The van der Waals surface area contributed by atoms with Crippen LogP contribution in [0.25, 0.3) is 0 Å².